The second-order valence-corrected chi connectivity index (χ2v) is 3.21. The zero-order valence-corrected chi connectivity index (χ0v) is 7.90. The monoisotopic (exact) mass is 184 g/mol. The number of carbonyl (C=O) groups is 1. The summed E-state index contributed by atoms with van der Waals surface area (Å²) in [7, 11) is 1.37. The molecule has 4 nitrogen and oxygen atoms in total. The lowest BCUT2D eigenvalue weighted by Crippen LogP contribution is -2.36. The molecule has 0 amide bonds. The number of rotatable bonds is 2. The van der Waals surface area contributed by atoms with Gasteiger partial charge in [-0.05, 0) is 12.8 Å². The molecule has 0 saturated carbocycles. The first kappa shape index (κ1) is 10.1. The number of esters is 1. The maximum atomic E-state index is 10.8. The Kier molecular flexibility index (Phi) is 3.76. The predicted molar refractivity (Wildman–Crippen MR) is 49.9 cm³/mol. The van der Waals surface area contributed by atoms with E-state index in [1.807, 2.05) is 0 Å². The van der Waals surface area contributed by atoms with Gasteiger partial charge in [-0.25, -0.2) is 4.79 Å². The van der Waals surface area contributed by atoms with Crippen molar-refractivity contribution < 1.29 is 9.53 Å². The molecule has 0 bridgehead atoms. The van der Waals surface area contributed by atoms with Crippen molar-refractivity contribution in [1.82, 2.24) is 4.90 Å². The lowest BCUT2D eigenvalue weighted by Gasteiger charge is -2.28. The molecule has 1 fully saturated rings. The van der Waals surface area contributed by atoms with E-state index in [1.165, 1.54) is 13.2 Å². The first-order valence-electron chi connectivity index (χ1n) is 4.48. The molecule has 4 heteroatoms. The van der Waals surface area contributed by atoms with Gasteiger partial charge in [0.05, 0.1) is 7.11 Å². The Morgan fingerprint density at radius 3 is 2.69 bits per heavy atom. The number of nitrogens with zero attached hydrogens (tertiary/aromatic N) is 1. The number of likely N-dealkylation sites (tertiary alicyclic amines) is 1. The molecule has 1 saturated heterocycles. The zero-order valence-electron chi connectivity index (χ0n) is 7.90. The fourth-order valence-electron chi connectivity index (χ4n) is 1.30. The second kappa shape index (κ2) is 4.87. The third-order valence-electron chi connectivity index (χ3n) is 2.20. The Labute approximate surface area is 78.3 Å². The summed E-state index contributed by atoms with van der Waals surface area (Å²) in [6.45, 7) is 1.85. The first-order valence-corrected chi connectivity index (χ1v) is 4.48. The SMILES string of the molecule is COC(=O)C=CN1CCC(N)CC1. The number of carbonyl (C=O) groups excluding carboxylic acids is 1. The minimum Gasteiger partial charge on any atom is -0.466 e. The van der Waals surface area contributed by atoms with E-state index in [0.29, 0.717) is 6.04 Å². The molecular weight excluding hydrogens is 168 g/mol. The number of ether oxygens (including phenoxy) is 1. The van der Waals surface area contributed by atoms with Gasteiger partial charge in [0.25, 0.3) is 0 Å². The summed E-state index contributed by atoms with van der Waals surface area (Å²) in [6.07, 6.45) is 5.20. The van der Waals surface area contributed by atoms with Crippen molar-refractivity contribution in [3.63, 3.8) is 0 Å². The smallest absolute Gasteiger partial charge is 0.331 e. The van der Waals surface area contributed by atoms with Gasteiger partial charge in [-0.15, -0.1) is 0 Å². The Balaban J connectivity index is 2.29. The van der Waals surface area contributed by atoms with Gasteiger partial charge in [0.2, 0.25) is 0 Å². The van der Waals surface area contributed by atoms with Gasteiger partial charge in [-0.2, -0.15) is 0 Å². The highest BCUT2D eigenvalue weighted by molar-refractivity contribution is 5.81. The van der Waals surface area contributed by atoms with Crippen LogP contribution in [0.5, 0.6) is 0 Å². The van der Waals surface area contributed by atoms with Crippen molar-refractivity contribution in [3.05, 3.63) is 12.3 Å². The highest BCUT2D eigenvalue weighted by Crippen LogP contribution is 2.07. The molecule has 1 heterocycles. The predicted octanol–water partition coefficient (Wildman–Crippen LogP) is 0.0962. The minimum atomic E-state index is -0.310. The molecule has 0 aliphatic carbocycles. The van der Waals surface area contributed by atoms with E-state index in [9.17, 15) is 4.79 Å². The second-order valence-electron chi connectivity index (χ2n) is 3.21. The van der Waals surface area contributed by atoms with Crippen LogP contribution >= 0.6 is 0 Å². The molecule has 0 unspecified atom stereocenters. The van der Waals surface area contributed by atoms with Crippen LogP contribution in [0.4, 0.5) is 0 Å². The quantitative estimate of drug-likeness (QED) is 0.488. The summed E-state index contributed by atoms with van der Waals surface area (Å²) in [5, 5.41) is 0. The van der Waals surface area contributed by atoms with Gasteiger partial charge in [0.1, 0.15) is 0 Å². The first-order chi connectivity index (χ1) is 6.22. The van der Waals surface area contributed by atoms with Crippen molar-refractivity contribution in [1.29, 1.82) is 0 Å². The molecule has 1 aliphatic heterocycles. The maximum absolute atomic E-state index is 10.8. The van der Waals surface area contributed by atoms with Crippen LogP contribution in [0.25, 0.3) is 0 Å². The molecule has 1 rings (SSSR count). The number of methoxy groups -OCH3 is 1. The van der Waals surface area contributed by atoms with E-state index in [4.69, 9.17) is 5.73 Å². The Morgan fingerprint density at radius 2 is 2.15 bits per heavy atom. The molecule has 0 atom stereocenters. The Morgan fingerprint density at radius 1 is 1.54 bits per heavy atom. The highest BCUT2D eigenvalue weighted by Gasteiger charge is 2.12. The molecule has 0 radical (unpaired) electrons. The van der Waals surface area contributed by atoms with Gasteiger partial charge in [-0.3, -0.25) is 0 Å². The molecule has 0 spiro atoms. The number of nitrogens with two attached hydrogens (primary N) is 1. The average Bonchev–Trinajstić information content (AvgIpc) is 2.16. The summed E-state index contributed by atoms with van der Waals surface area (Å²) < 4.78 is 4.49. The standard InChI is InChI=1S/C9H16N2O2/c1-13-9(12)4-7-11-5-2-8(10)3-6-11/h4,7-8H,2-3,5-6,10H2,1H3. The minimum absolute atomic E-state index is 0.310. The summed E-state index contributed by atoms with van der Waals surface area (Å²) >= 11 is 0. The molecule has 74 valence electrons. The third-order valence-corrected chi connectivity index (χ3v) is 2.20. The Hall–Kier alpha value is -1.03. The van der Waals surface area contributed by atoms with Crippen molar-refractivity contribution in [2.75, 3.05) is 20.2 Å². The molecule has 0 aromatic heterocycles. The maximum Gasteiger partial charge on any atom is 0.331 e. The fourth-order valence-corrected chi connectivity index (χ4v) is 1.30. The van der Waals surface area contributed by atoms with Crippen LogP contribution in [0.2, 0.25) is 0 Å². The highest BCUT2D eigenvalue weighted by atomic mass is 16.5. The summed E-state index contributed by atoms with van der Waals surface area (Å²) in [5.41, 5.74) is 5.74. The molecule has 13 heavy (non-hydrogen) atoms. The topological polar surface area (TPSA) is 55.6 Å². The van der Waals surface area contributed by atoms with Gasteiger partial charge < -0.3 is 15.4 Å². The van der Waals surface area contributed by atoms with Crippen LogP contribution in [0.3, 0.4) is 0 Å². The number of hydrogen-bond acceptors (Lipinski definition) is 4. The van der Waals surface area contributed by atoms with E-state index < -0.39 is 0 Å². The molecule has 1 aliphatic rings. The summed E-state index contributed by atoms with van der Waals surface area (Å²) in [4.78, 5) is 12.8. The van der Waals surface area contributed by atoms with Crippen molar-refractivity contribution >= 4 is 5.97 Å². The number of piperidine rings is 1. The number of hydrogen-bond donors (Lipinski definition) is 1. The summed E-state index contributed by atoms with van der Waals surface area (Å²) in [6, 6.07) is 0.322. The van der Waals surface area contributed by atoms with E-state index in [1.54, 1.807) is 6.20 Å². The Bertz CT molecular complexity index is 196. The molecular formula is C9H16N2O2. The van der Waals surface area contributed by atoms with Gasteiger partial charge >= 0.3 is 5.97 Å². The van der Waals surface area contributed by atoms with E-state index in [0.717, 1.165) is 25.9 Å². The third kappa shape index (κ3) is 3.46. The molecule has 0 aromatic rings. The van der Waals surface area contributed by atoms with Crippen LogP contribution < -0.4 is 5.73 Å². The molecule has 2 N–H and O–H groups in total. The fraction of sp³-hybridized carbons (Fsp3) is 0.667. The zero-order chi connectivity index (χ0) is 9.68. The van der Waals surface area contributed by atoms with Crippen molar-refractivity contribution in [2.24, 2.45) is 5.73 Å². The van der Waals surface area contributed by atoms with E-state index in [-0.39, 0.29) is 5.97 Å². The van der Waals surface area contributed by atoms with Gasteiger partial charge in [0.15, 0.2) is 0 Å². The van der Waals surface area contributed by atoms with Crippen molar-refractivity contribution in [2.45, 2.75) is 18.9 Å². The van der Waals surface area contributed by atoms with Crippen LogP contribution in [0, 0.1) is 0 Å². The normalized spacial score (nSPS) is 19.4. The van der Waals surface area contributed by atoms with Crippen LogP contribution in [0.1, 0.15) is 12.8 Å². The van der Waals surface area contributed by atoms with Crippen LogP contribution in [-0.4, -0.2) is 37.1 Å². The summed E-state index contributed by atoms with van der Waals surface area (Å²) in [5.74, 6) is -0.310. The van der Waals surface area contributed by atoms with E-state index in [2.05, 4.69) is 9.64 Å². The van der Waals surface area contributed by atoms with E-state index >= 15 is 0 Å². The van der Waals surface area contributed by atoms with Gasteiger partial charge in [-0.1, -0.05) is 0 Å². The lowest BCUT2D eigenvalue weighted by atomic mass is 10.1. The largest absolute Gasteiger partial charge is 0.466 e. The lowest BCUT2D eigenvalue weighted by molar-refractivity contribution is -0.134. The van der Waals surface area contributed by atoms with Crippen LogP contribution in [0.15, 0.2) is 12.3 Å². The molecule has 0 aromatic carbocycles. The van der Waals surface area contributed by atoms with Crippen molar-refractivity contribution in [3.8, 4) is 0 Å². The van der Waals surface area contributed by atoms with Crippen LogP contribution in [-0.2, 0) is 9.53 Å². The average molecular weight is 184 g/mol. The van der Waals surface area contributed by atoms with Gasteiger partial charge in [0, 0.05) is 31.4 Å².